The largest absolute Gasteiger partial charge is 0.287 e. The molecule has 0 unspecified atom stereocenters. The van der Waals surface area contributed by atoms with E-state index in [0.29, 0.717) is 5.69 Å². The Balaban J connectivity index is 2.33. The second-order valence-corrected chi connectivity index (χ2v) is 5.89. The van der Waals surface area contributed by atoms with Gasteiger partial charge in [0.1, 0.15) is 5.69 Å². The molecule has 0 radical (unpaired) electrons. The maximum Gasteiger partial charge on any atom is 0.207 e. The van der Waals surface area contributed by atoms with Crippen LogP contribution in [0.5, 0.6) is 0 Å². The summed E-state index contributed by atoms with van der Waals surface area (Å²) in [4.78, 5) is 12.6. The van der Waals surface area contributed by atoms with Gasteiger partial charge in [-0.2, -0.15) is 5.10 Å². The quantitative estimate of drug-likeness (QED) is 0.780. The summed E-state index contributed by atoms with van der Waals surface area (Å²) in [5.74, 6) is 0.134. The highest BCUT2D eigenvalue weighted by molar-refractivity contribution is 9.10. The molecule has 1 aliphatic carbocycles. The standard InChI is InChI=1S/C14H19BrN2O/c1-10(2)17-13(12(15)9-16-17)14(18)11-7-5-3-4-6-8-11/h7,9-10H,3-6,8H2,1-2H3. The van der Waals surface area contributed by atoms with Gasteiger partial charge in [-0.25, -0.2) is 0 Å². The third kappa shape index (κ3) is 2.74. The van der Waals surface area contributed by atoms with Crippen molar-refractivity contribution in [3.63, 3.8) is 0 Å². The zero-order chi connectivity index (χ0) is 13.1. The van der Waals surface area contributed by atoms with Crippen LogP contribution in [0.2, 0.25) is 0 Å². The van der Waals surface area contributed by atoms with Crippen molar-refractivity contribution in [3.8, 4) is 0 Å². The van der Waals surface area contributed by atoms with Crippen LogP contribution in [0.4, 0.5) is 0 Å². The predicted molar refractivity (Wildman–Crippen MR) is 75.8 cm³/mol. The van der Waals surface area contributed by atoms with Crippen LogP contribution in [0, 0.1) is 0 Å². The Bertz CT molecular complexity index is 474. The Morgan fingerprint density at radius 3 is 2.89 bits per heavy atom. The summed E-state index contributed by atoms with van der Waals surface area (Å²) in [6.45, 7) is 4.08. The Hall–Kier alpha value is -0.900. The SMILES string of the molecule is CC(C)n1ncc(Br)c1C(=O)C1=CCCCCC1. The molecule has 0 N–H and O–H groups in total. The first-order valence-corrected chi connectivity index (χ1v) is 7.37. The van der Waals surface area contributed by atoms with E-state index < -0.39 is 0 Å². The lowest BCUT2D eigenvalue weighted by atomic mass is 10.0. The number of nitrogens with zero attached hydrogens (tertiary/aromatic N) is 2. The smallest absolute Gasteiger partial charge is 0.207 e. The minimum absolute atomic E-state index is 0.134. The van der Waals surface area contributed by atoms with E-state index in [-0.39, 0.29) is 11.8 Å². The van der Waals surface area contributed by atoms with Crippen molar-refractivity contribution in [2.24, 2.45) is 0 Å². The summed E-state index contributed by atoms with van der Waals surface area (Å²) in [6.07, 6.45) is 9.28. The maximum absolute atomic E-state index is 12.6. The minimum Gasteiger partial charge on any atom is -0.287 e. The molecule has 0 bridgehead atoms. The number of hydrogen-bond acceptors (Lipinski definition) is 2. The average Bonchev–Trinajstić information content (AvgIpc) is 2.56. The van der Waals surface area contributed by atoms with E-state index in [1.165, 1.54) is 12.8 Å². The summed E-state index contributed by atoms with van der Waals surface area (Å²) in [7, 11) is 0. The topological polar surface area (TPSA) is 34.9 Å². The Labute approximate surface area is 116 Å². The molecule has 1 aromatic rings. The fourth-order valence-electron chi connectivity index (χ4n) is 2.32. The van der Waals surface area contributed by atoms with Crippen LogP contribution < -0.4 is 0 Å². The summed E-state index contributed by atoms with van der Waals surface area (Å²) in [6, 6.07) is 0.196. The summed E-state index contributed by atoms with van der Waals surface area (Å²) in [5, 5.41) is 4.28. The first-order chi connectivity index (χ1) is 8.61. The van der Waals surface area contributed by atoms with Gasteiger partial charge < -0.3 is 0 Å². The normalized spacial score (nSPS) is 16.6. The summed E-state index contributed by atoms with van der Waals surface area (Å²) < 4.78 is 2.60. The van der Waals surface area contributed by atoms with Gasteiger partial charge in [0, 0.05) is 6.04 Å². The number of allylic oxidation sites excluding steroid dienone is 2. The third-order valence-corrected chi connectivity index (χ3v) is 3.87. The van der Waals surface area contributed by atoms with Gasteiger partial charge in [-0.1, -0.05) is 12.5 Å². The van der Waals surface area contributed by atoms with Gasteiger partial charge in [0.05, 0.1) is 10.7 Å². The van der Waals surface area contributed by atoms with Gasteiger partial charge in [-0.05, 0) is 61.0 Å². The first-order valence-electron chi connectivity index (χ1n) is 6.58. The van der Waals surface area contributed by atoms with Gasteiger partial charge in [-0.3, -0.25) is 9.48 Å². The Kier molecular flexibility index (Phi) is 4.38. The number of ketones is 1. The highest BCUT2D eigenvalue weighted by Gasteiger charge is 2.22. The minimum atomic E-state index is 0.134. The summed E-state index contributed by atoms with van der Waals surface area (Å²) in [5.41, 5.74) is 1.65. The Morgan fingerprint density at radius 1 is 1.39 bits per heavy atom. The van der Waals surface area contributed by atoms with Crippen molar-refractivity contribution in [1.82, 2.24) is 9.78 Å². The fraction of sp³-hybridized carbons (Fsp3) is 0.571. The van der Waals surface area contributed by atoms with Crippen LogP contribution in [0.15, 0.2) is 22.3 Å². The van der Waals surface area contributed by atoms with Crippen LogP contribution in [0.1, 0.15) is 62.5 Å². The van der Waals surface area contributed by atoms with Gasteiger partial charge in [0.25, 0.3) is 0 Å². The molecule has 2 rings (SSSR count). The van der Waals surface area contributed by atoms with Crippen LogP contribution in [0.25, 0.3) is 0 Å². The van der Waals surface area contributed by atoms with Crippen molar-refractivity contribution < 1.29 is 4.79 Å². The van der Waals surface area contributed by atoms with Crippen LogP contribution in [-0.4, -0.2) is 15.6 Å². The fourth-order valence-corrected chi connectivity index (χ4v) is 2.77. The molecular formula is C14H19BrN2O. The number of halogens is 1. The van der Waals surface area contributed by atoms with Crippen LogP contribution in [0.3, 0.4) is 0 Å². The molecule has 18 heavy (non-hydrogen) atoms. The van der Waals surface area contributed by atoms with Crippen LogP contribution >= 0.6 is 15.9 Å². The zero-order valence-electron chi connectivity index (χ0n) is 10.9. The molecule has 0 aromatic carbocycles. The lowest BCUT2D eigenvalue weighted by Gasteiger charge is -2.12. The molecular weight excluding hydrogens is 292 g/mol. The molecule has 3 nitrogen and oxygen atoms in total. The highest BCUT2D eigenvalue weighted by atomic mass is 79.9. The molecule has 0 saturated heterocycles. The number of hydrogen-bond donors (Lipinski definition) is 0. The molecule has 0 fully saturated rings. The van der Waals surface area contributed by atoms with E-state index in [0.717, 1.165) is 29.3 Å². The van der Waals surface area contributed by atoms with Crippen molar-refractivity contribution in [2.75, 3.05) is 0 Å². The molecule has 1 aliphatic rings. The van der Waals surface area contributed by atoms with Gasteiger partial charge in [-0.15, -0.1) is 0 Å². The van der Waals surface area contributed by atoms with Gasteiger partial charge in [0.2, 0.25) is 5.78 Å². The van der Waals surface area contributed by atoms with Crippen molar-refractivity contribution in [2.45, 2.75) is 52.0 Å². The second kappa shape index (κ2) is 5.83. The molecule has 0 atom stereocenters. The average molecular weight is 311 g/mol. The second-order valence-electron chi connectivity index (χ2n) is 5.04. The molecule has 1 aromatic heterocycles. The Morgan fingerprint density at radius 2 is 2.17 bits per heavy atom. The molecule has 0 amide bonds. The third-order valence-electron chi connectivity index (χ3n) is 3.29. The van der Waals surface area contributed by atoms with Crippen molar-refractivity contribution >= 4 is 21.7 Å². The molecule has 4 heteroatoms. The van der Waals surface area contributed by atoms with Gasteiger partial charge >= 0.3 is 0 Å². The lowest BCUT2D eigenvalue weighted by molar-refractivity contribution is 0.101. The number of carbonyl (C=O) groups is 1. The van der Waals surface area contributed by atoms with Crippen molar-refractivity contribution in [1.29, 1.82) is 0 Å². The van der Waals surface area contributed by atoms with Gasteiger partial charge in [0.15, 0.2) is 0 Å². The molecule has 98 valence electrons. The number of Topliss-reactive ketones (excluding diaryl/α,β-unsaturated/α-hetero) is 1. The number of carbonyl (C=O) groups excluding carboxylic acids is 1. The highest BCUT2D eigenvalue weighted by Crippen LogP contribution is 2.26. The van der Waals surface area contributed by atoms with E-state index in [1.807, 2.05) is 13.8 Å². The number of aromatic nitrogens is 2. The molecule has 0 saturated carbocycles. The lowest BCUT2D eigenvalue weighted by Crippen LogP contribution is -2.14. The van der Waals surface area contributed by atoms with Crippen LogP contribution in [-0.2, 0) is 0 Å². The predicted octanol–water partition coefficient (Wildman–Crippen LogP) is 4.30. The van der Waals surface area contributed by atoms with E-state index in [2.05, 4.69) is 27.1 Å². The van der Waals surface area contributed by atoms with E-state index in [9.17, 15) is 4.79 Å². The van der Waals surface area contributed by atoms with E-state index in [4.69, 9.17) is 0 Å². The molecule has 0 spiro atoms. The molecule has 0 aliphatic heterocycles. The maximum atomic E-state index is 12.6. The monoisotopic (exact) mass is 310 g/mol. The first kappa shape index (κ1) is 13.5. The molecule has 1 heterocycles. The number of rotatable bonds is 3. The van der Waals surface area contributed by atoms with Crippen molar-refractivity contribution in [3.05, 3.63) is 28.0 Å². The van der Waals surface area contributed by atoms with E-state index in [1.54, 1.807) is 10.9 Å². The van der Waals surface area contributed by atoms with E-state index >= 15 is 0 Å². The zero-order valence-corrected chi connectivity index (χ0v) is 12.5. The summed E-state index contributed by atoms with van der Waals surface area (Å²) >= 11 is 3.44.